The number of hydrogen-bond donors (Lipinski definition) is 1. The van der Waals surface area contributed by atoms with Gasteiger partial charge in [0.25, 0.3) is 0 Å². The summed E-state index contributed by atoms with van der Waals surface area (Å²) in [6.07, 6.45) is 0. The lowest BCUT2D eigenvalue weighted by Crippen LogP contribution is -2.11. The molecule has 2 N–H and O–H groups in total. The van der Waals surface area contributed by atoms with Crippen molar-refractivity contribution < 1.29 is 11.0 Å². The lowest BCUT2D eigenvalue weighted by atomic mass is 9.85. The standard InChI is InChI=1S/C16H19N/c1-16(2,3)13-9-10-15(17)14(11-13)12-7-5-4-6-8-12/h4-11H,17H2,1-3H3/i4D,5D,6D,7D,8D,9D,10D,11D. The van der Waals surface area contributed by atoms with Crippen LogP contribution < -0.4 is 5.73 Å². The second kappa shape index (κ2) is 4.25. The van der Waals surface area contributed by atoms with Crippen molar-refractivity contribution >= 4 is 5.69 Å². The van der Waals surface area contributed by atoms with E-state index < -0.39 is 35.6 Å². The van der Waals surface area contributed by atoms with Crippen molar-refractivity contribution in [2.24, 2.45) is 0 Å². The van der Waals surface area contributed by atoms with Crippen LogP contribution >= 0.6 is 0 Å². The summed E-state index contributed by atoms with van der Waals surface area (Å²) in [7, 11) is 0. The first-order valence-corrected chi connectivity index (χ1v) is 5.29. The lowest BCUT2D eigenvalue weighted by Gasteiger charge is -2.20. The predicted molar refractivity (Wildman–Crippen MR) is 75.0 cm³/mol. The van der Waals surface area contributed by atoms with Crippen LogP contribution in [0.3, 0.4) is 0 Å². The summed E-state index contributed by atoms with van der Waals surface area (Å²) in [6.45, 7) is 5.33. The number of anilines is 1. The van der Waals surface area contributed by atoms with Gasteiger partial charge in [-0.1, -0.05) is 57.0 Å². The van der Waals surface area contributed by atoms with Crippen molar-refractivity contribution in [3.8, 4) is 11.1 Å². The SMILES string of the molecule is [2H]c1c([2H])c([2H])c(-c2c([2H])c(C(C)(C)C)c([2H])c([2H])c2N)c([2H])c1[2H]. The molecule has 88 valence electrons. The van der Waals surface area contributed by atoms with Crippen molar-refractivity contribution in [2.75, 3.05) is 5.73 Å². The van der Waals surface area contributed by atoms with Crippen LogP contribution in [0.4, 0.5) is 5.69 Å². The highest BCUT2D eigenvalue weighted by Crippen LogP contribution is 2.31. The zero-order valence-corrected chi connectivity index (χ0v) is 10.1. The smallest absolute Gasteiger partial charge is 0.0645 e. The fourth-order valence-corrected chi connectivity index (χ4v) is 1.36. The van der Waals surface area contributed by atoms with Gasteiger partial charge in [0.2, 0.25) is 0 Å². The average molecular weight is 233 g/mol. The molecule has 2 aromatic rings. The second-order valence-corrected chi connectivity index (χ2v) is 4.79. The van der Waals surface area contributed by atoms with Gasteiger partial charge >= 0.3 is 0 Å². The third-order valence-corrected chi connectivity index (χ3v) is 2.34. The molecule has 0 spiro atoms. The average Bonchev–Trinajstić information content (AvgIpc) is 2.51. The van der Waals surface area contributed by atoms with Gasteiger partial charge in [-0.05, 0) is 28.6 Å². The van der Waals surface area contributed by atoms with Crippen LogP contribution in [0, 0.1) is 0 Å². The van der Waals surface area contributed by atoms with E-state index in [1.54, 1.807) is 20.8 Å². The number of nitrogen functional groups attached to an aromatic ring is 1. The van der Waals surface area contributed by atoms with Crippen molar-refractivity contribution in [3.63, 3.8) is 0 Å². The van der Waals surface area contributed by atoms with Crippen LogP contribution in [0.5, 0.6) is 0 Å². The molecule has 2 aromatic carbocycles. The fourth-order valence-electron chi connectivity index (χ4n) is 1.36. The van der Waals surface area contributed by atoms with E-state index in [1.165, 1.54) is 0 Å². The molecule has 2 rings (SSSR count). The van der Waals surface area contributed by atoms with Gasteiger partial charge in [0, 0.05) is 11.3 Å². The molecule has 0 unspecified atom stereocenters. The Balaban J connectivity index is 3.09. The van der Waals surface area contributed by atoms with Gasteiger partial charge in [0.15, 0.2) is 0 Å². The molecule has 17 heavy (non-hydrogen) atoms. The predicted octanol–water partition coefficient (Wildman–Crippen LogP) is 4.23. The van der Waals surface area contributed by atoms with Gasteiger partial charge in [-0.25, -0.2) is 0 Å². The summed E-state index contributed by atoms with van der Waals surface area (Å²) < 4.78 is 64.2. The summed E-state index contributed by atoms with van der Waals surface area (Å²) in [5.74, 6) is 0. The Bertz CT molecular complexity index is 854. The van der Waals surface area contributed by atoms with Gasteiger partial charge in [0.1, 0.15) is 0 Å². The Morgan fingerprint density at radius 3 is 2.24 bits per heavy atom. The zero-order chi connectivity index (χ0) is 19.4. The molecule has 0 aliphatic rings. The van der Waals surface area contributed by atoms with Gasteiger partial charge in [0.05, 0.1) is 11.0 Å². The largest absolute Gasteiger partial charge is 0.398 e. The molecular weight excluding hydrogens is 206 g/mol. The summed E-state index contributed by atoms with van der Waals surface area (Å²) in [5.41, 5.74) is 4.99. The minimum Gasteiger partial charge on any atom is -0.398 e. The molecule has 0 amide bonds. The summed E-state index contributed by atoms with van der Waals surface area (Å²) >= 11 is 0. The van der Waals surface area contributed by atoms with Gasteiger partial charge < -0.3 is 5.73 Å². The van der Waals surface area contributed by atoms with Crippen molar-refractivity contribution in [1.82, 2.24) is 0 Å². The molecular formula is C16H19N. The zero-order valence-electron chi connectivity index (χ0n) is 18.1. The van der Waals surface area contributed by atoms with Crippen LogP contribution in [-0.4, -0.2) is 0 Å². The first kappa shape index (κ1) is 5.26. The van der Waals surface area contributed by atoms with Crippen LogP contribution in [0.1, 0.15) is 37.3 Å². The van der Waals surface area contributed by atoms with E-state index in [1.807, 2.05) is 0 Å². The Labute approximate surface area is 115 Å². The Morgan fingerprint density at radius 2 is 1.65 bits per heavy atom. The van der Waals surface area contributed by atoms with E-state index in [9.17, 15) is 0 Å². The Morgan fingerprint density at radius 1 is 1.00 bits per heavy atom. The first-order valence-electron chi connectivity index (χ1n) is 9.29. The van der Waals surface area contributed by atoms with Crippen molar-refractivity contribution in [3.05, 3.63) is 53.9 Å². The highest BCUT2D eigenvalue weighted by molar-refractivity contribution is 5.77. The molecule has 0 bridgehead atoms. The van der Waals surface area contributed by atoms with E-state index >= 15 is 0 Å². The molecule has 0 fully saturated rings. The molecule has 0 heterocycles. The quantitative estimate of drug-likeness (QED) is 0.733. The molecule has 0 aliphatic heterocycles. The van der Waals surface area contributed by atoms with Crippen LogP contribution in [0.25, 0.3) is 11.1 Å². The normalized spacial score (nSPS) is 18.1. The number of benzene rings is 2. The van der Waals surface area contributed by atoms with E-state index in [2.05, 4.69) is 0 Å². The molecule has 0 atom stereocenters. The van der Waals surface area contributed by atoms with E-state index in [-0.39, 0.29) is 40.5 Å². The molecule has 0 aliphatic carbocycles. The lowest BCUT2D eigenvalue weighted by molar-refractivity contribution is 0.590. The molecule has 1 heteroatoms. The maximum Gasteiger partial charge on any atom is 0.0645 e. The summed E-state index contributed by atoms with van der Waals surface area (Å²) in [4.78, 5) is 0. The highest BCUT2D eigenvalue weighted by Gasteiger charge is 2.15. The number of hydrogen-bond acceptors (Lipinski definition) is 1. The topological polar surface area (TPSA) is 26.0 Å². The molecule has 0 aromatic heterocycles. The molecule has 0 saturated carbocycles. The summed E-state index contributed by atoms with van der Waals surface area (Å²) in [5, 5.41) is 0. The van der Waals surface area contributed by atoms with Gasteiger partial charge in [-0.2, -0.15) is 0 Å². The third-order valence-electron chi connectivity index (χ3n) is 2.34. The molecule has 1 nitrogen and oxygen atoms in total. The second-order valence-electron chi connectivity index (χ2n) is 4.79. The van der Waals surface area contributed by atoms with Crippen molar-refractivity contribution in [1.29, 1.82) is 0 Å². The minimum absolute atomic E-state index is 0.0945. The molecule has 0 radical (unpaired) electrons. The van der Waals surface area contributed by atoms with Crippen LogP contribution in [-0.2, 0) is 5.41 Å². The Kier molecular flexibility index (Phi) is 1.31. The fraction of sp³-hybridized carbons (Fsp3) is 0.250. The van der Waals surface area contributed by atoms with Gasteiger partial charge in [-0.3, -0.25) is 0 Å². The Hall–Kier alpha value is -1.76. The van der Waals surface area contributed by atoms with E-state index in [0.29, 0.717) is 0 Å². The summed E-state index contributed by atoms with van der Waals surface area (Å²) in [6, 6.07) is -3.27. The number of nitrogens with two attached hydrogens (primary N) is 1. The van der Waals surface area contributed by atoms with Gasteiger partial charge in [-0.15, -0.1) is 0 Å². The first-order chi connectivity index (χ1) is 11.3. The van der Waals surface area contributed by atoms with Crippen molar-refractivity contribution in [2.45, 2.75) is 26.2 Å². The maximum atomic E-state index is 8.49. The highest BCUT2D eigenvalue weighted by atomic mass is 14.6. The monoisotopic (exact) mass is 233 g/mol. The maximum absolute atomic E-state index is 8.49. The van der Waals surface area contributed by atoms with Crippen LogP contribution in [0.15, 0.2) is 48.3 Å². The van der Waals surface area contributed by atoms with E-state index in [4.69, 9.17) is 16.7 Å². The molecule has 0 saturated heterocycles. The minimum atomic E-state index is -0.653. The van der Waals surface area contributed by atoms with E-state index in [0.717, 1.165) is 0 Å². The number of rotatable bonds is 1. The van der Waals surface area contributed by atoms with Crippen LogP contribution in [0.2, 0.25) is 0 Å². The third kappa shape index (κ3) is 2.50.